The molecular formula is C20H30FIN4S. The Bertz CT molecular complexity index is 730. The second-order valence-electron chi connectivity index (χ2n) is 7.30. The van der Waals surface area contributed by atoms with Crippen LogP contribution < -0.4 is 10.6 Å². The fourth-order valence-corrected chi connectivity index (χ4v) is 3.51. The molecule has 0 saturated carbocycles. The van der Waals surface area contributed by atoms with Crippen molar-refractivity contribution in [1.82, 2.24) is 15.5 Å². The summed E-state index contributed by atoms with van der Waals surface area (Å²) in [5.41, 5.74) is 1.76. The normalized spacial score (nSPS) is 12.0. The van der Waals surface area contributed by atoms with Crippen LogP contribution in [0.15, 0.2) is 40.7 Å². The van der Waals surface area contributed by atoms with E-state index in [2.05, 4.69) is 47.0 Å². The summed E-state index contributed by atoms with van der Waals surface area (Å²) in [4.78, 5) is 7.59. The topological polar surface area (TPSA) is 39.7 Å². The first-order chi connectivity index (χ1) is 12.3. The molecule has 0 aliphatic rings. The summed E-state index contributed by atoms with van der Waals surface area (Å²) in [6.07, 6.45) is 0. The maximum absolute atomic E-state index is 13.9. The minimum absolute atomic E-state index is 0. The fraction of sp³-hybridized carbons (Fsp3) is 0.450. The Labute approximate surface area is 183 Å². The van der Waals surface area contributed by atoms with Crippen molar-refractivity contribution in [1.29, 1.82) is 0 Å². The first kappa shape index (κ1) is 23.8. The largest absolute Gasteiger partial charge is 0.356 e. The van der Waals surface area contributed by atoms with Crippen molar-refractivity contribution in [2.24, 2.45) is 4.99 Å². The van der Waals surface area contributed by atoms with E-state index in [1.165, 1.54) is 10.9 Å². The van der Waals surface area contributed by atoms with Crippen molar-refractivity contribution in [2.75, 3.05) is 27.7 Å². The van der Waals surface area contributed by atoms with Crippen LogP contribution in [0.5, 0.6) is 0 Å². The van der Waals surface area contributed by atoms with Gasteiger partial charge in [0.25, 0.3) is 0 Å². The van der Waals surface area contributed by atoms with Crippen molar-refractivity contribution in [3.8, 4) is 0 Å². The second-order valence-corrected chi connectivity index (χ2v) is 8.25. The first-order valence-electron chi connectivity index (χ1n) is 8.72. The van der Waals surface area contributed by atoms with Gasteiger partial charge >= 0.3 is 0 Å². The molecule has 0 aliphatic heterocycles. The Morgan fingerprint density at radius 3 is 2.56 bits per heavy atom. The van der Waals surface area contributed by atoms with Gasteiger partial charge in [-0.3, -0.25) is 4.99 Å². The van der Waals surface area contributed by atoms with Crippen molar-refractivity contribution < 1.29 is 4.39 Å². The molecule has 2 N–H and O–H groups in total. The van der Waals surface area contributed by atoms with Crippen LogP contribution in [-0.2, 0) is 18.5 Å². The van der Waals surface area contributed by atoms with Gasteiger partial charge < -0.3 is 15.5 Å². The van der Waals surface area contributed by atoms with Crippen LogP contribution in [0.4, 0.5) is 4.39 Å². The smallest absolute Gasteiger partial charge is 0.191 e. The summed E-state index contributed by atoms with van der Waals surface area (Å²) in [5, 5.41) is 8.80. The lowest BCUT2D eigenvalue weighted by molar-refractivity contribution is 0.392. The molecule has 0 spiro atoms. The predicted octanol–water partition coefficient (Wildman–Crippen LogP) is 4.21. The number of hydrogen-bond donors (Lipinski definition) is 2. The summed E-state index contributed by atoms with van der Waals surface area (Å²) in [6, 6.07) is 9.49. The van der Waals surface area contributed by atoms with Gasteiger partial charge in [0.05, 0.1) is 0 Å². The molecule has 0 fully saturated rings. The molecule has 0 radical (unpaired) electrons. The molecule has 2 aromatic rings. The van der Waals surface area contributed by atoms with Crippen LogP contribution in [0, 0.1) is 5.82 Å². The molecule has 1 aromatic heterocycles. The molecule has 0 saturated heterocycles. The SMILES string of the molecule is CN=C(NCc1ccc(F)c(CN(C)C)c1)NCC(C)(C)c1cccs1.I. The number of aliphatic imine (C=N–C) groups is 1. The summed E-state index contributed by atoms with van der Waals surface area (Å²) in [5.74, 6) is 0.579. The second kappa shape index (κ2) is 11.0. The molecule has 0 bridgehead atoms. The van der Waals surface area contributed by atoms with E-state index < -0.39 is 0 Å². The molecule has 1 aromatic carbocycles. The van der Waals surface area contributed by atoms with Crippen LogP contribution in [0.3, 0.4) is 0 Å². The Morgan fingerprint density at radius 2 is 1.96 bits per heavy atom. The number of rotatable bonds is 7. The highest BCUT2D eigenvalue weighted by Crippen LogP contribution is 2.26. The van der Waals surface area contributed by atoms with E-state index in [-0.39, 0.29) is 35.2 Å². The fourth-order valence-electron chi connectivity index (χ4n) is 2.66. The van der Waals surface area contributed by atoms with Crippen molar-refractivity contribution in [3.05, 3.63) is 57.5 Å². The molecule has 0 atom stereocenters. The zero-order valence-corrected chi connectivity index (χ0v) is 19.8. The highest BCUT2D eigenvalue weighted by Gasteiger charge is 2.21. The lowest BCUT2D eigenvalue weighted by atomic mass is 9.91. The molecule has 1 heterocycles. The molecule has 150 valence electrons. The van der Waals surface area contributed by atoms with Gasteiger partial charge in [-0.2, -0.15) is 0 Å². The van der Waals surface area contributed by atoms with Crippen molar-refractivity contribution in [3.63, 3.8) is 0 Å². The van der Waals surface area contributed by atoms with E-state index >= 15 is 0 Å². The monoisotopic (exact) mass is 504 g/mol. The number of halogens is 2. The maximum atomic E-state index is 13.9. The first-order valence-corrected chi connectivity index (χ1v) is 9.60. The van der Waals surface area contributed by atoms with Crippen LogP contribution in [0.2, 0.25) is 0 Å². The van der Waals surface area contributed by atoms with Gasteiger partial charge in [0.1, 0.15) is 5.82 Å². The van der Waals surface area contributed by atoms with E-state index in [1.54, 1.807) is 18.4 Å². The number of guanidine groups is 1. The molecule has 2 rings (SSSR count). The average Bonchev–Trinajstić information content (AvgIpc) is 3.13. The zero-order chi connectivity index (χ0) is 19.2. The molecule has 27 heavy (non-hydrogen) atoms. The van der Waals surface area contributed by atoms with E-state index in [0.717, 1.165) is 18.1 Å². The number of nitrogens with one attached hydrogen (secondary N) is 2. The number of thiophene rings is 1. The standard InChI is InChI=1S/C20H29FN4S.HI/c1-20(2,18-7-6-10-26-18)14-24-19(22-3)23-12-15-8-9-17(21)16(11-15)13-25(4)5;/h6-11H,12-14H2,1-5H3,(H2,22,23,24);1H. The minimum atomic E-state index is -0.164. The number of nitrogens with zero attached hydrogens (tertiary/aromatic N) is 2. The number of hydrogen-bond acceptors (Lipinski definition) is 3. The van der Waals surface area contributed by atoms with Gasteiger partial charge in [-0.15, -0.1) is 35.3 Å². The third kappa shape index (κ3) is 7.38. The van der Waals surface area contributed by atoms with Crippen molar-refractivity contribution >= 4 is 41.3 Å². The Balaban J connectivity index is 0.00000364. The molecular weight excluding hydrogens is 474 g/mol. The van der Waals surface area contributed by atoms with Crippen molar-refractivity contribution in [2.45, 2.75) is 32.4 Å². The minimum Gasteiger partial charge on any atom is -0.356 e. The lowest BCUT2D eigenvalue weighted by Gasteiger charge is -2.25. The molecule has 0 amide bonds. The third-order valence-electron chi connectivity index (χ3n) is 4.17. The predicted molar refractivity (Wildman–Crippen MR) is 125 cm³/mol. The summed E-state index contributed by atoms with van der Waals surface area (Å²) < 4.78 is 13.9. The maximum Gasteiger partial charge on any atom is 0.191 e. The molecule has 4 nitrogen and oxygen atoms in total. The quantitative estimate of drug-likeness (QED) is 0.337. The van der Waals surface area contributed by atoms with Gasteiger partial charge in [-0.1, -0.05) is 26.0 Å². The summed E-state index contributed by atoms with van der Waals surface area (Å²) in [6.45, 7) is 6.39. The highest BCUT2D eigenvalue weighted by atomic mass is 127. The summed E-state index contributed by atoms with van der Waals surface area (Å²) >= 11 is 1.77. The molecule has 0 unspecified atom stereocenters. The van der Waals surface area contributed by atoms with E-state index in [4.69, 9.17) is 0 Å². The van der Waals surface area contributed by atoms with E-state index in [0.29, 0.717) is 18.7 Å². The molecule has 7 heteroatoms. The zero-order valence-electron chi connectivity index (χ0n) is 16.7. The van der Waals surface area contributed by atoms with Crippen LogP contribution in [-0.4, -0.2) is 38.5 Å². The Morgan fingerprint density at radius 1 is 1.22 bits per heavy atom. The molecule has 0 aliphatic carbocycles. The Hall–Kier alpha value is -1.19. The van der Waals surface area contributed by atoms with E-state index in [9.17, 15) is 4.39 Å². The van der Waals surface area contributed by atoms with Crippen LogP contribution in [0.1, 0.15) is 29.9 Å². The van der Waals surface area contributed by atoms with Gasteiger partial charge in [0.2, 0.25) is 0 Å². The number of benzene rings is 1. The van der Waals surface area contributed by atoms with Gasteiger partial charge in [-0.05, 0) is 43.2 Å². The van der Waals surface area contributed by atoms with Gasteiger partial charge in [0, 0.05) is 42.5 Å². The van der Waals surface area contributed by atoms with Gasteiger partial charge in [-0.25, -0.2) is 4.39 Å². The van der Waals surface area contributed by atoms with E-state index in [1.807, 2.05) is 31.1 Å². The third-order valence-corrected chi connectivity index (χ3v) is 5.40. The Kier molecular flexibility index (Phi) is 9.69. The average molecular weight is 504 g/mol. The lowest BCUT2D eigenvalue weighted by Crippen LogP contribution is -2.42. The summed E-state index contributed by atoms with van der Waals surface area (Å²) in [7, 11) is 5.63. The van der Waals surface area contributed by atoms with Crippen LogP contribution >= 0.6 is 35.3 Å². The van der Waals surface area contributed by atoms with Crippen LogP contribution in [0.25, 0.3) is 0 Å². The van der Waals surface area contributed by atoms with Gasteiger partial charge in [0.15, 0.2) is 5.96 Å². The highest BCUT2D eigenvalue weighted by molar-refractivity contribution is 14.0.